The van der Waals surface area contributed by atoms with Crippen LogP contribution in [0.2, 0.25) is 0 Å². The number of nitrogen functional groups attached to an aromatic ring is 1. The first-order valence-corrected chi connectivity index (χ1v) is 8.20. The Morgan fingerprint density at radius 1 is 1.40 bits per heavy atom. The second kappa shape index (κ2) is 6.39. The van der Waals surface area contributed by atoms with Crippen molar-refractivity contribution in [2.45, 2.75) is 30.6 Å². The zero-order chi connectivity index (χ0) is 14.7. The van der Waals surface area contributed by atoms with Gasteiger partial charge in [-0.25, -0.2) is 0 Å². The Morgan fingerprint density at radius 2 is 2.15 bits per heavy atom. The fourth-order valence-electron chi connectivity index (χ4n) is 2.59. The van der Waals surface area contributed by atoms with Gasteiger partial charge >= 0.3 is 0 Å². The van der Waals surface area contributed by atoms with Gasteiger partial charge in [-0.2, -0.15) is 11.8 Å². The number of thioether (sulfide) groups is 1. The maximum Gasteiger partial charge on any atom is 0.253 e. The molecule has 1 saturated carbocycles. The van der Waals surface area contributed by atoms with Gasteiger partial charge < -0.3 is 16.0 Å². The van der Waals surface area contributed by atoms with E-state index in [1.807, 2.05) is 23.9 Å². The van der Waals surface area contributed by atoms with Crippen LogP contribution in [0.1, 0.15) is 29.6 Å². The van der Waals surface area contributed by atoms with Crippen LogP contribution in [0.25, 0.3) is 0 Å². The smallest absolute Gasteiger partial charge is 0.253 e. The fourth-order valence-corrected chi connectivity index (χ4v) is 3.39. The third-order valence-corrected chi connectivity index (χ3v) is 4.88. The molecule has 3 N–H and O–H groups in total. The van der Waals surface area contributed by atoms with Crippen molar-refractivity contribution in [1.29, 1.82) is 0 Å². The highest BCUT2D eigenvalue weighted by Crippen LogP contribution is 2.31. The van der Waals surface area contributed by atoms with Crippen molar-refractivity contribution < 1.29 is 4.79 Å². The number of hydrogen-bond donors (Lipinski definition) is 2. The van der Waals surface area contributed by atoms with E-state index in [1.165, 1.54) is 19.3 Å². The number of nitrogens with one attached hydrogen (secondary N) is 1. The Kier molecular flexibility index (Phi) is 4.81. The number of rotatable bonds is 4. The number of anilines is 2. The zero-order valence-corrected chi connectivity index (χ0v) is 13.2. The average Bonchev–Trinajstić information content (AvgIpc) is 2.88. The molecule has 2 rings (SSSR count). The van der Waals surface area contributed by atoms with Crippen LogP contribution in [0.15, 0.2) is 18.2 Å². The topological polar surface area (TPSA) is 58.4 Å². The quantitative estimate of drug-likeness (QED) is 0.838. The second-order valence-electron chi connectivity index (χ2n) is 5.51. The molecule has 1 aromatic rings. The van der Waals surface area contributed by atoms with Crippen LogP contribution in [-0.4, -0.2) is 42.4 Å². The molecule has 0 aliphatic heterocycles. The molecule has 0 spiro atoms. The average molecular weight is 293 g/mol. The summed E-state index contributed by atoms with van der Waals surface area (Å²) in [5, 5.41) is 4.26. The van der Waals surface area contributed by atoms with Crippen LogP contribution in [0, 0.1) is 0 Å². The Labute approximate surface area is 125 Å². The first-order valence-electron chi connectivity index (χ1n) is 6.91. The molecule has 1 amide bonds. The second-order valence-corrected chi connectivity index (χ2v) is 6.65. The lowest BCUT2D eigenvalue weighted by Crippen LogP contribution is -2.22. The molecular formula is C15H23N3OS. The van der Waals surface area contributed by atoms with Gasteiger partial charge in [-0.1, -0.05) is 0 Å². The van der Waals surface area contributed by atoms with Gasteiger partial charge in [0, 0.05) is 31.0 Å². The molecule has 0 heterocycles. The molecule has 2 atom stereocenters. The van der Waals surface area contributed by atoms with E-state index in [1.54, 1.807) is 25.1 Å². The van der Waals surface area contributed by atoms with Gasteiger partial charge in [0.05, 0.1) is 11.4 Å². The molecule has 1 fully saturated rings. The first kappa shape index (κ1) is 15.0. The van der Waals surface area contributed by atoms with Crippen molar-refractivity contribution in [3.8, 4) is 0 Å². The lowest BCUT2D eigenvalue weighted by Gasteiger charge is -2.17. The third kappa shape index (κ3) is 3.39. The molecule has 1 aliphatic carbocycles. The number of carbonyl (C=O) groups is 1. The minimum Gasteiger partial charge on any atom is -0.397 e. The Hall–Kier alpha value is -1.36. The first-order chi connectivity index (χ1) is 9.51. The molecule has 0 saturated heterocycles. The van der Waals surface area contributed by atoms with Gasteiger partial charge in [-0.3, -0.25) is 4.79 Å². The van der Waals surface area contributed by atoms with Gasteiger partial charge in [-0.15, -0.1) is 0 Å². The number of benzene rings is 1. The molecular weight excluding hydrogens is 270 g/mol. The maximum atomic E-state index is 11.9. The highest BCUT2D eigenvalue weighted by atomic mass is 32.2. The summed E-state index contributed by atoms with van der Waals surface area (Å²) in [5.74, 6) is -0.0217. The lowest BCUT2D eigenvalue weighted by atomic mass is 10.1. The Bertz CT molecular complexity index is 490. The van der Waals surface area contributed by atoms with Crippen molar-refractivity contribution >= 4 is 29.0 Å². The van der Waals surface area contributed by atoms with Crippen LogP contribution >= 0.6 is 11.8 Å². The molecule has 2 unspecified atom stereocenters. The largest absolute Gasteiger partial charge is 0.397 e. The zero-order valence-electron chi connectivity index (χ0n) is 12.3. The molecule has 0 aromatic heterocycles. The van der Waals surface area contributed by atoms with Gasteiger partial charge in [0.2, 0.25) is 0 Å². The summed E-state index contributed by atoms with van der Waals surface area (Å²) in [4.78, 5) is 13.4. The van der Waals surface area contributed by atoms with E-state index in [2.05, 4.69) is 11.6 Å². The van der Waals surface area contributed by atoms with Gasteiger partial charge in [0.1, 0.15) is 0 Å². The van der Waals surface area contributed by atoms with E-state index >= 15 is 0 Å². The maximum absolute atomic E-state index is 11.9. The highest BCUT2D eigenvalue weighted by Gasteiger charge is 2.24. The Morgan fingerprint density at radius 3 is 2.70 bits per heavy atom. The minimum absolute atomic E-state index is 0.0217. The molecule has 20 heavy (non-hydrogen) atoms. The molecule has 4 nitrogen and oxygen atoms in total. The van der Waals surface area contributed by atoms with E-state index in [0.29, 0.717) is 17.3 Å². The van der Waals surface area contributed by atoms with Crippen LogP contribution in [0.4, 0.5) is 11.4 Å². The van der Waals surface area contributed by atoms with Crippen LogP contribution in [0.5, 0.6) is 0 Å². The van der Waals surface area contributed by atoms with Crippen molar-refractivity contribution in [2.24, 2.45) is 0 Å². The van der Waals surface area contributed by atoms with Gasteiger partial charge in [0.25, 0.3) is 5.91 Å². The summed E-state index contributed by atoms with van der Waals surface area (Å²) < 4.78 is 0. The van der Waals surface area contributed by atoms with Crippen LogP contribution < -0.4 is 11.1 Å². The number of nitrogens with two attached hydrogens (primary N) is 1. The fraction of sp³-hybridized carbons (Fsp3) is 0.533. The molecule has 1 aromatic carbocycles. The van der Waals surface area contributed by atoms with E-state index in [4.69, 9.17) is 5.73 Å². The summed E-state index contributed by atoms with van der Waals surface area (Å²) >= 11 is 1.94. The molecule has 1 aliphatic rings. The lowest BCUT2D eigenvalue weighted by molar-refractivity contribution is 0.0827. The molecule has 5 heteroatoms. The summed E-state index contributed by atoms with van der Waals surface area (Å²) in [5.41, 5.74) is 8.28. The van der Waals surface area contributed by atoms with E-state index in [0.717, 1.165) is 10.9 Å². The summed E-state index contributed by atoms with van der Waals surface area (Å²) in [7, 11) is 3.48. The highest BCUT2D eigenvalue weighted by molar-refractivity contribution is 7.99. The van der Waals surface area contributed by atoms with Crippen molar-refractivity contribution in [2.75, 3.05) is 31.4 Å². The predicted molar refractivity (Wildman–Crippen MR) is 87.4 cm³/mol. The van der Waals surface area contributed by atoms with Crippen LogP contribution in [0.3, 0.4) is 0 Å². The van der Waals surface area contributed by atoms with Crippen molar-refractivity contribution in [3.05, 3.63) is 23.8 Å². The number of nitrogens with zero attached hydrogens (tertiary/aromatic N) is 1. The third-order valence-electron chi connectivity index (χ3n) is 3.78. The van der Waals surface area contributed by atoms with E-state index in [-0.39, 0.29) is 5.91 Å². The standard InChI is InChI=1S/C15H23N3OS/c1-18(2)15(19)10-4-7-14(13(16)8-10)17-11-5-6-12(9-11)20-3/h4,7-8,11-12,17H,5-6,9,16H2,1-3H3. The normalized spacial score (nSPS) is 21.8. The van der Waals surface area contributed by atoms with E-state index < -0.39 is 0 Å². The van der Waals surface area contributed by atoms with Crippen LogP contribution in [-0.2, 0) is 0 Å². The predicted octanol–water partition coefficient (Wildman–Crippen LogP) is 2.67. The number of amides is 1. The molecule has 110 valence electrons. The minimum atomic E-state index is -0.0217. The van der Waals surface area contributed by atoms with Gasteiger partial charge in [0.15, 0.2) is 0 Å². The summed E-state index contributed by atoms with van der Waals surface area (Å²) in [6.45, 7) is 0. The number of carbonyl (C=O) groups excluding carboxylic acids is 1. The van der Waals surface area contributed by atoms with Crippen molar-refractivity contribution in [3.63, 3.8) is 0 Å². The summed E-state index contributed by atoms with van der Waals surface area (Å²) in [6.07, 6.45) is 5.79. The monoisotopic (exact) mass is 293 g/mol. The summed E-state index contributed by atoms with van der Waals surface area (Å²) in [6, 6.07) is 6.00. The molecule has 0 radical (unpaired) electrons. The number of hydrogen-bond acceptors (Lipinski definition) is 4. The van der Waals surface area contributed by atoms with Gasteiger partial charge in [-0.05, 0) is 43.7 Å². The molecule has 0 bridgehead atoms. The SMILES string of the molecule is CSC1CCC(Nc2ccc(C(=O)N(C)C)cc2N)C1. The van der Waals surface area contributed by atoms with Crippen molar-refractivity contribution in [1.82, 2.24) is 4.90 Å². The Balaban J connectivity index is 2.05. The van der Waals surface area contributed by atoms with E-state index in [9.17, 15) is 4.79 Å².